The van der Waals surface area contributed by atoms with Crippen LogP contribution in [0.4, 0.5) is 5.69 Å². The molecule has 0 saturated heterocycles. The van der Waals surface area contributed by atoms with E-state index in [1.807, 2.05) is 6.07 Å². The van der Waals surface area contributed by atoms with Crippen molar-refractivity contribution < 1.29 is 9.72 Å². The van der Waals surface area contributed by atoms with Gasteiger partial charge in [0.05, 0.1) is 4.92 Å². The fourth-order valence-electron chi connectivity index (χ4n) is 1.92. The fourth-order valence-corrected chi connectivity index (χ4v) is 2.12. The minimum absolute atomic E-state index is 0.0613. The number of halogens is 1. The van der Waals surface area contributed by atoms with Crippen molar-refractivity contribution in [2.45, 2.75) is 6.54 Å². The van der Waals surface area contributed by atoms with Crippen molar-refractivity contribution in [1.29, 1.82) is 5.26 Å². The molecular formula is C17H12ClN3O3. The van der Waals surface area contributed by atoms with Gasteiger partial charge in [-0.05, 0) is 35.4 Å². The van der Waals surface area contributed by atoms with Crippen LogP contribution in [-0.4, -0.2) is 10.8 Å². The van der Waals surface area contributed by atoms with Crippen LogP contribution in [0.15, 0.2) is 54.1 Å². The Hall–Kier alpha value is -3.17. The normalized spacial score (nSPS) is 10.8. The molecule has 7 heteroatoms. The van der Waals surface area contributed by atoms with Crippen LogP contribution in [0.3, 0.4) is 0 Å². The van der Waals surface area contributed by atoms with Gasteiger partial charge in [-0.3, -0.25) is 14.9 Å². The molecule has 0 aromatic heterocycles. The molecule has 0 fully saturated rings. The molecule has 2 aromatic carbocycles. The second-order valence-electron chi connectivity index (χ2n) is 4.79. The number of amides is 1. The summed E-state index contributed by atoms with van der Waals surface area (Å²) in [6.45, 7) is 0.192. The lowest BCUT2D eigenvalue weighted by atomic mass is 10.1. The lowest BCUT2D eigenvalue weighted by molar-refractivity contribution is -0.384. The van der Waals surface area contributed by atoms with Crippen LogP contribution < -0.4 is 5.32 Å². The summed E-state index contributed by atoms with van der Waals surface area (Å²) in [5, 5.41) is 22.9. The molecule has 0 aliphatic heterocycles. The molecular weight excluding hydrogens is 330 g/mol. The molecule has 0 aliphatic carbocycles. The van der Waals surface area contributed by atoms with Gasteiger partial charge in [-0.1, -0.05) is 29.8 Å². The summed E-state index contributed by atoms with van der Waals surface area (Å²) in [4.78, 5) is 22.2. The molecule has 6 nitrogen and oxygen atoms in total. The second kappa shape index (κ2) is 7.90. The number of hydrogen-bond acceptors (Lipinski definition) is 4. The van der Waals surface area contributed by atoms with E-state index in [0.717, 1.165) is 5.56 Å². The highest BCUT2D eigenvalue weighted by Crippen LogP contribution is 2.16. The first-order valence-corrected chi connectivity index (χ1v) is 7.27. The van der Waals surface area contributed by atoms with Gasteiger partial charge in [0.1, 0.15) is 11.6 Å². The Morgan fingerprint density at radius 3 is 2.50 bits per heavy atom. The van der Waals surface area contributed by atoms with Crippen LogP contribution in [0.25, 0.3) is 6.08 Å². The number of nitriles is 1. The summed E-state index contributed by atoms with van der Waals surface area (Å²) >= 11 is 6.01. The topological polar surface area (TPSA) is 96.0 Å². The predicted molar refractivity (Wildman–Crippen MR) is 90.0 cm³/mol. The van der Waals surface area contributed by atoms with Crippen LogP contribution >= 0.6 is 11.6 Å². The van der Waals surface area contributed by atoms with Crippen LogP contribution in [0.1, 0.15) is 11.1 Å². The van der Waals surface area contributed by atoms with Crippen LogP contribution in [0.5, 0.6) is 0 Å². The maximum Gasteiger partial charge on any atom is 0.269 e. The Morgan fingerprint density at radius 2 is 1.92 bits per heavy atom. The Bertz CT molecular complexity index is 839. The van der Waals surface area contributed by atoms with E-state index in [2.05, 4.69) is 5.32 Å². The summed E-state index contributed by atoms with van der Waals surface area (Å²) < 4.78 is 0. The van der Waals surface area contributed by atoms with Crippen LogP contribution in [-0.2, 0) is 11.3 Å². The first-order chi connectivity index (χ1) is 11.5. The minimum atomic E-state index is -0.546. The molecule has 0 bridgehead atoms. The second-order valence-corrected chi connectivity index (χ2v) is 5.20. The zero-order valence-corrected chi connectivity index (χ0v) is 13.2. The molecule has 1 amide bonds. The zero-order valence-electron chi connectivity index (χ0n) is 12.4. The highest BCUT2D eigenvalue weighted by Gasteiger charge is 2.10. The van der Waals surface area contributed by atoms with Gasteiger partial charge < -0.3 is 5.32 Å². The number of carbonyl (C=O) groups is 1. The van der Waals surface area contributed by atoms with Gasteiger partial charge in [0.25, 0.3) is 11.6 Å². The summed E-state index contributed by atoms with van der Waals surface area (Å²) in [5.41, 5.74) is 1.09. The van der Waals surface area contributed by atoms with E-state index in [1.165, 1.54) is 30.3 Å². The molecule has 24 heavy (non-hydrogen) atoms. The van der Waals surface area contributed by atoms with E-state index < -0.39 is 10.8 Å². The monoisotopic (exact) mass is 341 g/mol. The first kappa shape index (κ1) is 17.2. The van der Waals surface area contributed by atoms with Crippen molar-refractivity contribution in [1.82, 2.24) is 5.32 Å². The molecule has 120 valence electrons. The lowest BCUT2D eigenvalue weighted by Crippen LogP contribution is -2.24. The third-order valence-corrected chi connectivity index (χ3v) is 3.55. The van der Waals surface area contributed by atoms with E-state index in [4.69, 9.17) is 16.9 Å². The molecule has 2 aromatic rings. The Kier molecular flexibility index (Phi) is 5.66. The highest BCUT2D eigenvalue weighted by atomic mass is 35.5. The van der Waals surface area contributed by atoms with Crippen molar-refractivity contribution in [2.75, 3.05) is 0 Å². The quantitative estimate of drug-likeness (QED) is 0.390. The van der Waals surface area contributed by atoms with Crippen molar-refractivity contribution in [3.63, 3.8) is 0 Å². The maximum atomic E-state index is 12.1. The van der Waals surface area contributed by atoms with Gasteiger partial charge in [0, 0.05) is 23.7 Å². The summed E-state index contributed by atoms with van der Waals surface area (Å²) in [6, 6.07) is 14.4. The highest BCUT2D eigenvalue weighted by molar-refractivity contribution is 6.31. The molecule has 0 spiro atoms. The largest absolute Gasteiger partial charge is 0.347 e. The van der Waals surface area contributed by atoms with Gasteiger partial charge in [0.15, 0.2) is 0 Å². The molecule has 0 radical (unpaired) electrons. The smallest absolute Gasteiger partial charge is 0.269 e. The number of nitrogens with one attached hydrogen (secondary N) is 1. The van der Waals surface area contributed by atoms with Gasteiger partial charge in [-0.25, -0.2) is 0 Å². The molecule has 0 atom stereocenters. The van der Waals surface area contributed by atoms with E-state index >= 15 is 0 Å². The van der Waals surface area contributed by atoms with E-state index in [0.29, 0.717) is 10.6 Å². The van der Waals surface area contributed by atoms with Crippen molar-refractivity contribution in [2.24, 2.45) is 0 Å². The third kappa shape index (κ3) is 4.41. The van der Waals surface area contributed by atoms with Gasteiger partial charge in [-0.15, -0.1) is 0 Å². The van der Waals surface area contributed by atoms with Crippen LogP contribution in [0.2, 0.25) is 5.02 Å². The number of non-ortho nitro benzene ring substituents is 1. The molecule has 2 rings (SSSR count). The summed E-state index contributed by atoms with van der Waals surface area (Å²) in [5.74, 6) is -0.546. The molecule has 0 saturated carbocycles. The summed E-state index contributed by atoms with van der Waals surface area (Å²) in [7, 11) is 0. The Morgan fingerprint density at radius 1 is 1.25 bits per heavy atom. The number of nitro groups is 1. The van der Waals surface area contributed by atoms with Gasteiger partial charge in [-0.2, -0.15) is 5.26 Å². The van der Waals surface area contributed by atoms with E-state index in [9.17, 15) is 14.9 Å². The van der Waals surface area contributed by atoms with Crippen molar-refractivity contribution in [3.8, 4) is 6.07 Å². The number of benzene rings is 2. The number of nitro benzene ring substituents is 1. The van der Waals surface area contributed by atoms with Gasteiger partial charge in [0.2, 0.25) is 0 Å². The van der Waals surface area contributed by atoms with E-state index in [-0.39, 0.29) is 17.8 Å². The van der Waals surface area contributed by atoms with Gasteiger partial charge >= 0.3 is 0 Å². The molecule has 0 heterocycles. The lowest BCUT2D eigenvalue weighted by Gasteiger charge is -2.06. The Balaban J connectivity index is 2.09. The number of nitrogens with zero attached hydrogens (tertiary/aromatic N) is 2. The number of rotatable bonds is 5. The summed E-state index contributed by atoms with van der Waals surface area (Å²) in [6.07, 6.45) is 1.37. The Labute approximate surface area is 143 Å². The van der Waals surface area contributed by atoms with Crippen LogP contribution in [0, 0.1) is 21.4 Å². The number of hydrogen-bond donors (Lipinski definition) is 1. The molecule has 0 aliphatic rings. The predicted octanol–water partition coefficient (Wildman–Crippen LogP) is 3.47. The van der Waals surface area contributed by atoms with E-state index in [1.54, 1.807) is 24.3 Å². The zero-order chi connectivity index (χ0) is 17.5. The average molecular weight is 342 g/mol. The standard InChI is InChI=1S/C17H12ClN3O3/c18-16-4-2-1-3-13(16)11-20-17(22)14(10-19)9-12-5-7-15(8-6-12)21(23)24/h1-9H,11H2,(H,20,22)/b14-9+. The average Bonchev–Trinajstić information content (AvgIpc) is 2.59. The van der Waals surface area contributed by atoms with Crippen molar-refractivity contribution in [3.05, 3.63) is 80.4 Å². The number of carbonyl (C=O) groups excluding carboxylic acids is 1. The third-order valence-electron chi connectivity index (χ3n) is 3.18. The maximum absolute atomic E-state index is 12.1. The minimum Gasteiger partial charge on any atom is -0.347 e. The fraction of sp³-hybridized carbons (Fsp3) is 0.0588. The van der Waals surface area contributed by atoms with Crippen molar-refractivity contribution >= 4 is 29.3 Å². The molecule has 0 unspecified atom stereocenters. The SMILES string of the molecule is N#C/C(=C\c1ccc([N+](=O)[O-])cc1)C(=O)NCc1ccccc1Cl. The molecule has 1 N–H and O–H groups in total. The first-order valence-electron chi connectivity index (χ1n) is 6.89.